The van der Waals surface area contributed by atoms with Gasteiger partial charge in [-0.1, -0.05) is 11.8 Å². The van der Waals surface area contributed by atoms with Crippen LogP contribution in [0.2, 0.25) is 0 Å². The van der Waals surface area contributed by atoms with E-state index >= 15 is 0 Å². The molecule has 18 heavy (non-hydrogen) atoms. The molecule has 0 aliphatic heterocycles. The van der Waals surface area contributed by atoms with Crippen LogP contribution in [0.15, 0.2) is 22.4 Å². The van der Waals surface area contributed by atoms with Gasteiger partial charge in [-0.05, 0) is 0 Å². The third-order valence-electron chi connectivity index (χ3n) is 2.07. The van der Waals surface area contributed by atoms with Gasteiger partial charge in [0.05, 0.1) is 6.20 Å². The van der Waals surface area contributed by atoms with Crippen molar-refractivity contribution in [3.8, 4) is 0 Å². The average Bonchev–Trinajstić information content (AvgIpc) is 2.76. The number of hydrogen-bond acceptors (Lipinski definition) is 4. The van der Waals surface area contributed by atoms with Crippen LogP contribution in [0.25, 0.3) is 0 Å². The number of thioether (sulfide) groups is 1. The highest BCUT2D eigenvalue weighted by Crippen LogP contribution is 2.27. The molecule has 0 fully saturated rings. The van der Waals surface area contributed by atoms with Gasteiger partial charge in [-0.3, -0.25) is 0 Å². The van der Waals surface area contributed by atoms with Crippen LogP contribution in [0.1, 0.15) is 18.2 Å². The van der Waals surface area contributed by atoms with Crippen molar-refractivity contribution in [2.45, 2.75) is 17.7 Å². The van der Waals surface area contributed by atoms with Crippen LogP contribution in [0.4, 0.5) is 13.2 Å². The van der Waals surface area contributed by atoms with Crippen molar-refractivity contribution < 1.29 is 17.9 Å². The number of aromatic nitrogens is 1. The van der Waals surface area contributed by atoms with E-state index in [1.807, 2.05) is 0 Å². The van der Waals surface area contributed by atoms with Crippen molar-refractivity contribution in [3.63, 3.8) is 0 Å². The van der Waals surface area contributed by atoms with Crippen LogP contribution >= 0.6 is 23.1 Å². The number of halogens is 3. The summed E-state index contributed by atoms with van der Waals surface area (Å²) < 4.78 is 37.4. The monoisotopic (exact) mass is 296 g/mol. The summed E-state index contributed by atoms with van der Waals surface area (Å²) >= 11 is 2.46. The maximum atomic E-state index is 12.5. The molecule has 0 unspecified atom stereocenters. The summed E-state index contributed by atoms with van der Waals surface area (Å²) in [7, 11) is 1.38. The summed E-state index contributed by atoms with van der Waals surface area (Å²) in [6, 6.07) is 0. The quantitative estimate of drug-likeness (QED) is 0.274. The van der Waals surface area contributed by atoms with Crippen LogP contribution in [0.3, 0.4) is 0 Å². The predicted octanol–water partition coefficient (Wildman–Crippen LogP) is 3.65. The molecule has 0 saturated heterocycles. The molecule has 3 nitrogen and oxygen atoms in total. The molecule has 0 saturated carbocycles. The summed E-state index contributed by atoms with van der Waals surface area (Å²) in [5, 5.41) is 11.0. The molecule has 0 atom stereocenters. The molecule has 0 N–H and O–H groups in total. The molecule has 0 spiro atoms. The first kappa shape index (κ1) is 15.0. The SMILES string of the molecule is C/C(c1cnc(SCCC(F)=C(F)F)s1)=[N+](\C)[O-]. The van der Waals surface area contributed by atoms with Gasteiger partial charge in [-0.25, -0.2) is 14.1 Å². The summed E-state index contributed by atoms with van der Waals surface area (Å²) in [5.41, 5.74) is 0.528. The highest BCUT2D eigenvalue weighted by molar-refractivity contribution is 8.01. The van der Waals surface area contributed by atoms with Crippen LogP contribution < -0.4 is 0 Å². The van der Waals surface area contributed by atoms with E-state index in [2.05, 4.69) is 4.98 Å². The zero-order valence-corrected chi connectivity index (χ0v) is 11.4. The fourth-order valence-electron chi connectivity index (χ4n) is 0.970. The van der Waals surface area contributed by atoms with E-state index in [9.17, 15) is 18.4 Å². The van der Waals surface area contributed by atoms with E-state index in [4.69, 9.17) is 0 Å². The summed E-state index contributed by atoms with van der Waals surface area (Å²) in [6.45, 7) is 1.66. The second-order valence-electron chi connectivity index (χ2n) is 3.34. The van der Waals surface area contributed by atoms with E-state index in [-0.39, 0.29) is 12.2 Å². The fourth-order valence-corrected chi connectivity index (χ4v) is 2.98. The third kappa shape index (κ3) is 4.34. The topological polar surface area (TPSA) is 39.0 Å². The lowest BCUT2D eigenvalue weighted by atomic mass is 10.4. The molecular weight excluding hydrogens is 285 g/mol. The van der Waals surface area contributed by atoms with Crippen LogP contribution in [-0.4, -0.2) is 28.2 Å². The Kier molecular flexibility index (Phi) is 5.67. The van der Waals surface area contributed by atoms with Gasteiger partial charge in [-0.2, -0.15) is 8.78 Å². The molecule has 1 heterocycles. The highest BCUT2D eigenvalue weighted by atomic mass is 32.2. The van der Waals surface area contributed by atoms with E-state index in [0.29, 0.717) is 14.9 Å². The number of hydrogen-bond donors (Lipinski definition) is 0. The number of thiazole rings is 1. The van der Waals surface area contributed by atoms with Gasteiger partial charge < -0.3 is 5.21 Å². The maximum Gasteiger partial charge on any atom is 0.301 e. The molecule has 0 aliphatic carbocycles. The molecule has 0 radical (unpaired) electrons. The predicted molar refractivity (Wildman–Crippen MR) is 67.1 cm³/mol. The van der Waals surface area contributed by atoms with Crippen molar-refractivity contribution in [2.24, 2.45) is 0 Å². The molecule has 0 amide bonds. The minimum atomic E-state index is -2.27. The highest BCUT2D eigenvalue weighted by Gasteiger charge is 2.11. The van der Waals surface area contributed by atoms with Gasteiger partial charge in [0, 0.05) is 19.1 Å². The van der Waals surface area contributed by atoms with Gasteiger partial charge in [0.25, 0.3) is 0 Å². The fraction of sp³-hybridized carbons (Fsp3) is 0.400. The van der Waals surface area contributed by atoms with E-state index in [1.165, 1.54) is 30.1 Å². The Balaban J connectivity index is 2.56. The second kappa shape index (κ2) is 6.79. The van der Waals surface area contributed by atoms with Gasteiger partial charge in [0.1, 0.15) is 11.9 Å². The Labute approximate surface area is 111 Å². The normalized spacial score (nSPS) is 12.3. The van der Waals surface area contributed by atoms with Crippen molar-refractivity contribution in [1.82, 2.24) is 4.98 Å². The molecule has 0 aromatic carbocycles. The molecule has 100 valence electrons. The van der Waals surface area contributed by atoms with Crippen molar-refractivity contribution in [3.05, 3.63) is 28.2 Å². The maximum absolute atomic E-state index is 12.5. The van der Waals surface area contributed by atoms with Crippen LogP contribution in [-0.2, 0) is 0 Å². The summed E-state index contributed by atoms with van der Waals surface area (Å²) in [4.78, 5) is 4.74. The summed E-state index contributed by atoms with van der Waals surface area (Å²) in [5.74, 6) is -1.20. The third-order valence-corrected chi connectivity index (χ3v) is 4.33. The molecule has 1 rings (SSSR count). The standard InChI is InChI=1S/C10H11F3N2OS2/c1-6(15(2)16)8-5-14-10(18-8)17-4-3-7(11)9(12)13/h5H,3-4H2,1-2H3/b15-6-. The zero-order chi connectivity index (χ0) is 13.7. The molecule has 1 aromatic rings. The van der Waals surface area contributed by atoms with E-state index in [1.54, 1.807) is 13.1 Å². The Bertz CT molecular complexity index is 477. The number of rotatable bonds is 5. The van der Waals surface area contributed by atoms with E-state index < -0.39 is 11.9 Å². The molecule has 8 heteroatoms. The van der Waals surface area contributed by atoms with E-state index in [0.717, 1.165) is 4.74 Å². The number of nitrogens with zero attached hydrogens (tertiary/aromatic N) is 2. The van der Waals surface area contributed by atoms with Crippen molar-refractivity contribution >= 4 is 28.8 Å². The van der Waals surface area contributed by atoms with Crippen LogP contribution in [0.5, 0.6) is 0 Å². The first-order valence-corrected chi connectivity index (χ1v) is 6.75. The van der Waals surface area contributed by atoms with Gasteiger partial charge in [0.2, 0.25) is 5.71 Å². The molecule has 0 bridgehead atoms. The van der Waals surface area contributed by atoms with Crippen molar-refractivity contribution in [1.29, 1.82) is 0 Å². The van der Waals surface area contributed by atoms with Crippen molar-refractivity contribution in [2.75, 3.05) is 12.8 Å². The average molecular weight is 296 g/mol. The second-order valence-corrected chi connectivity index (χ2v) is 5.71. The lowest BCUT2D eigenvalue weighted by Crippen LogP contribution is -2.06. The van der Waals surface area contributed by atoms with Crippen LogP contribution in [0, 0.1) is 5.21 Å². The smallest absolute Gasteiger partial charge is 0.301 e. The Morgan fingerprint density at radius 3 is 2.72 bits per heavy atom. The minimum absolute atomic E-state index is 0.183. The lowest BCUT2D eigenvalue weighted by molar-refractivity contribution is -0.422. The first-order chi connectivity index (χ1) is 8.41. The Hall–Kier alpha value is -1.02. The molecule has 1 aromatic heterocycles. The zero-order valence-electron chi connectivity index (χ0n) is 9.74. The number of hydroxylamine groups is 1. The molecular formula is C10H11F3N2OS2. The molecule has 0 aliphatic rings. The summed E-state index contributed by atoms with van der Waals surface area (Å²) in [6.07, 6.45) is -1.06. The minimum Gasteiger partial charge on any atom is -0.624 e. The Morgan fingerprint density at radius 2 is 2.17 bits per heavy atom. The lowest BCUT2D eigenvalue weighted by Gasteiger charge is -1.98. The Morgan fingerprint density at radius 1 is 1.50 bits per heavy atom. The van der Waals surface area contributed by atoms with Gasteiger partial charge >= 0.3 is 6.08 Å². The largest absolute Gasteiger partial charge is 0.624 e. The van der Waals surface area contributed by atoms with Gasteiger partial charge in [0.15, 0.2) is 10.2 Å². The number of allylic oxidation sites excluding steroid dienone is 1. The first-order valence-electron chi connectivity index (χ1n) is 4.95. The van der Waals surface area contributed by atoms with Gasteiger partial charge in [-0.15, -0.1) is 11.3 Å².